The fourth-order valence-corrected chi connectivity index (χ4v) is 22.6. The first kappa shape index (κ1) is 124. The van der Waals surface area contributed by atoms with Crippen LogP contribution in [0.2, 0.25) is 0 Å². The summed E-state index contributed by atoms with van der Waals surface area (Å²) in [5.74, 6) is -4.56. The summed E-state index contributed by atoms with van der Waals surface area (Å²) < 4.78 is 57.0. The van der Waals surface area contributed by atoms with Crippen LogP contribution in [0.5, 0.6) is 0 Å². The van der Waals surface area contributed by atoms with E-state index in [-0.39, 0.29) is 197 Å². The molecule has 2 saturated carbocycles. The maximum Gasteiger partial charge on any atom is 0.407 e. The average molecular weight is 2100 g/mol. The van der Waals surface area contributed by atoms with Crippen molar-refractivity contribution in [2.45, 2.75) is 301 Å². The summed E-state index contributed by atoms with van der Waals surface area (Å²) in [6.07, 6.45) is 13.7. The molecule has 0 bridgehead atoms. The van der Waals surface area contributed by atoms with Crippen molar-refractivity contribution in [3.8, 4) is 0 Å². The second kappa shape index (κ2) is 64.5. The van der Waals surface area contributed by atoms with E-state index < -0.39 is 53.2 Å². The predicted octanol–water partition coefficient (Wildman–Crippen LogP) is 24.0. The van der Waals surface area contributed by atoms with Crippen molar-refractivity contribution in [2.75, 3.05) is 107 Å². The maximum atomic E-state index is 12.9. The molecule has 6 rings (SSSR count). The molecule has 2 aliphatic carbocycles. The Morgan fingerprint density at radius 1 is 0.374 bits per heavy atom. The van der Waals surface area contributed by atoms with Crippen molar-refractivity contribution < 1.29 is 114 Å². The van der Waals surface area contributed by atoms with Crippen molar-refractivity contribution >= 4 is 182 Å². The van der Waals surface area contributed by atoms with E-state index in [1.54, 1.807) is 30.4 Å². The van der Waals surface area contributed by atoms with Gasteiger partial charge in [0.25, 0.3) is 0 Å². The molecule has 34 heteroatoms. The first-order valence-electron chi connectivity index (χ1n) is 47.5. The number of esters is 10. The Balaban J connectivity index is 0.000000451. The van der Waals surface area contributed by atoms with Crippen molar-refractivity contribution in [3.05, 3.63) is 122 Å². The molecule has 0 spiro atoms. The van der Waals surface area contributed by atoms with Crippen LogP contribution in [0, 0.1) is 38.4 Å². The van der Waals surface area contributed by atoms with Gasteiger partial charge in [-0.2, -0.15) is 0 Å². The molecular weight excluding hydrogens is 1950 g/mol. The summed E-state index contributed by atoms with van der Waals surface area (Å²) in [4.78, 5) is 167. The van der Waals surface area contributed by atoms with E-state index >= 15 is 0 Å². The Morgan fingerprint density at radius 3 is 1.04 bits per heavy atom. The molecular formula is C105H151NO24S9. The largest absolute Gasteiger partial charge is 0.466 e. The van der Waals surface area contributed by atoms with Gasteiger partial charge in [0.1, 0.15) is 59.5 Å². The molecule has 139 heavy (non-hydrogen) atoms. The Bertz CT molecular complexity index is 4270. The summed E-state index contributed by atoms with van der Waals surface area (Å²) in [7, 11) is 0. The van der Waals surface area contributed by atoms with Crippen LogP contribution in [-0.2, 0) is 110 Å². The van der Waals surface area contributed by atoms with E-state index in [0.717, 1.165) is 126 Å². The lowest BCUT2D eigenvalue weighted by molar-refractivity contribution is -0.159. The van der Waals surface area contributed by atoms with Crippen molar-refractivity contribution in [3.63, 3.8) is 0 Å². The molecule has 4 aromatic carbocycles. The topological polar surface area (TPSA) is 335 Å². The smallest absolute Gasteiger partial charge is 0.407 e. The number of alkyl carbamates (subject to hydrolysis) is 1. The minimum Gasteiger partial charge on any atom is -0.466 e. The first-order valence-corrected chi connectivity index (χ1v) is 55.8. The SMILES string of the molecule is C=CC(=O)OCCOC(=O)CCSCC(=O)OCC(CC)(COC(=O)CSCCC(=O)OCCOC(=O)C=C)COC(=O)CSCCC(=O)OCCOC(=O)CCC(C)(C)C.CCCOC(=O)CC1CC(C)(C)CC(C)(CCC(=O)Sc2ccc(Sc3ccc(SC(C)(C)C)cc3)cc2)C1.CCCOC(=O)NC1CC(C)(C)CC(C)(CCC(=O)Sc2ccc(Sc3ccc(SC(C)(C)C)cc3)cc2)C1. The van der Waals surface area contributed by atoms with Gasteiger partial charge in [0.05, 0.1) is 55.1 Å². The zero-order valence-corrected chi connectivity index (χ0v) is 92.2. The number of benzene rings is 4. The third-order valence-corrected chi connectivity index (χ3v) is 30.1. The highest BCUT2D eigenvalue weighted by Gasteiger charge is 2.44. The van der Waals surface area contributed by atoms with E-state index in [1.165, 1.54) is 48.0 Å². The molecule has 0 saturated heterocycles. The van der Waals surface area contributed by atoms with Gasteiger partial charge in [-0.05, 0) is 207 Å². The van der Waals surface area contributed by atoms with Crippen molar-refractivity contribution in [1.82, 2.24) is 5.32 Å². The highest BCUT2D eigenvalue weighted by atomic mass is 32.2. The van der Waals surface area contributed by atoms with Gasteiger partial charge in [-0.25, -0.2) is 14.4 Å². The number of amides is 1. The summed E-state index contributed by atoms with van der Waals surface area (Å²) in [6.45, 7) is 44.8. The Labute approximate surface area is 864 Å². The van der Waals surface area contributed by atoms with Crippen LogP contribution in [0.1, 0.15) is 247 Å². The Kier molecular flexibility index (Phi) is 57.6. The van der Waals surface area contributed by atoms with Gasteiger partial charge in [-0.15, -0.1) is 58.8 Å². The molecule has 4 unspecified atom stereocenters. The number of carbonyl (C=O) groups is 13. The Morgan fingerprint density at radius 2 is 0.698 bits per heavy atom. The second-order valence-electron chi connectivity index (χ2n) is 39.8. The van der Waals surface area contributed by atoms with Crippen LogP contribution in [0.25, 0.3) is 0 Å². The summed E-state index contributed by atoms with van der Waals surface area (Å²) in [5.41, 5.74) is -0.800. The molecule has 0 radical (unpaired) electrons. The summed E-state index contributed by atoms with van der Waals surface area (Å²) in [5, 5.41) is 3.48. The molecule has 1 N–H and O–H groups in total. The minimum atomic E-state index is -1.13. The van der Waals surface area contributed by atoms with Crippen LogP contribution >= 0.6 is 106 Å². The number of ether oxygens (including phenoxy) is 11. The zero-order valence-electron chi connectivity index (χ0n) is 84.9. The number of carbonyl (C=O) groups excluding carboxylic acids is 13. The molecule has 4 aromatic rings. The lowest BCUT2D eigenvalue weighted by Gasteiger charge is -2.46. The van der Waals surface area contributed by atoms with Gasteiger partial charge >= 0.3 is 65.8 Å². The molecule has 2 fully saturated rings. The predicted molar refractivity (Wildman–Crippen MR) is 561 cm³/mol. The van der Waals surface area contributed by atoms with E-state index in [4.69, 9.17) is 52.1 Å². The normalized spacial score (nSPS) is 16.5. The molecule has 25 nitrogen and oxygen atoms in total. The first-order chi connectivity index (χ1) is 65.4. The molecule has 4 atom stereocenters. The van der Waals surface area contributed by atoms with Crippen molar-refractivity contribution in [2.24, 2.45) is 38.4 Å². The monoisotopic (exact) mass is 2100 g/mol. The van der Waals surface area contributed by atoms with E-state index in [0.29, 0.717) is 44.8 Å². The van der Waals surface area contributed by atoms with Gasteiger partial charge in [-0.1, -0.05) is 185 Å². The number of hydrogen-bond acceptors (Lipinski definition) is 33. The van der Waals surface area contributed by atoms with Crippen molar-refractivity contribution in [1.29, 1.82) is 0 Å². The zero-order chi connectivity index (χ0) is 103. The maximum absolute atomic E-state index is 12.9. The summed E-state index contributed by atoms with van der Waals surface area (Å²) in [6, 6.07) is 34.1. The molecule has 2 aliphatic rings. The Hall–Kier alpha value is -7.18. The van der Waals surface area contributed by atoms with E-state index in [9.17, 15) is 62.3 Å². The van der Waals surface area contributed by atoms with Crippen LogP contribution in [0.15, 0.2) is 162 Å². The second-order valence-corrected chi connectivity index (χ2v) is 51.5. The fourth-order valence-electron chi connectivity index (χ4n) is 15.5. The number of thioether (sulfide) groups is 7. The van der Waals surface area contributed by atoms with Gasteiger partial charge in [0.2, 0.25) is 0 Å². The van der Waals surface area contributed by atoms with E-state index in [2.05, 4.69) is 186 Å². The standard InChI is InChI=1S/C40H60O18S3.C33H46O3S3.C32H45NO3S3/c1-7-30(41)50-15-17-53-33(44)11-21-59-24-36(47)56-27-40(9-3,28-57-37(48)25-60-22-12-34(45)54-18-16-51-31(42)8-2)29-58-38(49)26-61-23-13-35(46)55-20-19-52-32(43)10-14-39(4,5)6;1-8-19-36-29(34)20-24-21-32(5,6)23-33(7,22-24)18-17-30(35)38-27-11-9-25(10-12-27)37-26-13-15-28(16-14-26)39-31(2,3)4;1-8-19-36-29(35)33-23-20-31(5,6)22-32(7,21-23)18-17-28(34)38-26-11-9-24(10-12-26)37-25-13-15-27(16-14-25)39-30(2,3)4/h7-8H,1-2,9-29H2,3-6H3;9-16,24H,8,17-23H2,1-7H3;9-16,23H,8,17-22H2,1-7H3,(H,33,35). The van der Waals surface area contributed by atoms with Crippen LogP contribution in [-0.4, -0.2) is 199 Å². The molecule has 0 aromatic heterocycles. The van der Waals surface area contributed by atoms with Gasteiger partial charge in [0.15, 0.2) is 10.2 Å². The molecule has 0 heterocycles. The molecule has 1 amide bonds. The summed E-state index contributed by atoms with van der Waals surface area (Å²) >= 11 is 13.3. The van der Waals surface area contributed by atoms with Crippen LogP contribution < -0.4 is 5.32 Å². The quantitative estimate of drug-likeness (QED) is 0.0141. The molecule has 0 aliphatic heterocycles. The third kappa shape index (κ3) is 59.0. The number of nitrogens with one attached hydrogen (secondary N) is 1. The molecule has 774 valence electrons. The average Bonchev–Trinajstić information content (AvgIpc) is 0.802. The number of hydrogen-bond donors (Lipinski definition) is 1. The van der Waals surface area contributed by atoms with Crippen LogP contribution in [0.4, 0.5) is 4.79 Å². The lowest BCUT2D eigenvalue weighted by atomic mass is 9.59. The third-order valence-electron chi connectivity index (χ3n) is 21.2. The van der Waals surface area contributed by atoms with Gasteiger partial charge in [0, 0.05) is 110 Å². The van der Waals surface area contributed by atoms with Gasteiger partial charge in [-0.3, -0.25) is 47.9 Å². The highest BCUT2D eigenvalue weighted by Crippen LogP contribution is 2.53. The minimum absolute atomic E-state index is 0.000436. The van der Waals surface area contributed by atoms with Gasteiger partial charge < -0.3 is 57.4 Å². The highest BCUT2D eigenvalue weighted by molar-refractivity contribution is 8.14. The lowest BCUT2D eigenvalue weighted by Crippen LogP contribution is -2.47. The van der Waals surface area contributed by atoms with Crippen LogP contribution in [0.3, 0.4) is 0 Å². The van der Waals surface area contributed by atoms with E-state index in [1.807, 2.05) is 70.3 Å². The fraction of sp³-hybridized carbons (Fsp3) is 0.610. The number of rotatable bonds is 56.